The van der Waals surface area contributed by atoms with Crippen molar-refractivity contribution in [3.63, 3.8) is 0 Å². The van der Waals surface area contributed by atoms with Gasteiger partial charge in [0, 0.05) is 19.3 Å². The van der Waals surface area contributed by atoms with Gasteiger partial charge in [0.1, 0.15) is 0 Å². The molecule has 0 unspecified atom stereocenters. The molecule has 2 heterocycles. The van der Waals surface area contributed by atoms with E-state index in [9.17, 15) is 4.79 Å². The maximum Gasteiger partial charge on any atom is 0.284 e. The van der Waals surface area contributed by atoms with Gasteiger partial charge in [-0.15, -0.1) is 11.3 Å². The van der Waals surface area contributed by atoms with Gasteiger partial charge in [-0.3, -0.25) is 19.9 Å². The van der Waals surface area contributed by atoms with E-state index in [-0.39, 0.29) is 0 Å². The summed E-state index contributed by atoms with van der Waals surface area (Å²) in [6, 6.07) is 17.9. The molecule has 0 aliphatic carbocycles. The number of hydroxylamine groups is 1. The standard InChI is InChI=1S/C19H19N3O2S/c1-22(12-14-5-3-2-4-6-14)13-15-7-8-16(20-11-15)17-9-10-18(25-17)19(23)21-24/h2-11,24H,12-13H2,1H3,(H,21,23). The first-order valence-corrected chi connectivity index (χ1v) is 8.69. The third-order valence-corrected chi connectivity index (χ3v) is 4.86. The molecular formula is C19H19N3O2S. The van der Waals surface area contributed by atoms with Gasteiger partial charge in [0.2, 0.25) is 0 Å². The number of benzene rings is 1. The first-order valence-electron chi connectivity index (χ1n) is 7.88. The molecule has 0 saturated heterocycles. The van der Waals surface area contributed by atoms with E-state index in [4.69, 9.17) is 5.21 Å². The van der Waals surface area contributed by atoms with Gasteiger partial charge in [-0.1, -0.05) is 36.4 Å². The van der Waals surface area contributed by atoms with Crippen molar-refractivity contribution in [3.05, 3.63) is 76.8 Å². The summed E-state index contributed by atoms with van der Waals surface area (Å²) in [5.41, 5.74) is 4.87. The van der Waals surface area contributed by atoms with Crippen molar-refractivity contribution >= 4 is 17.2 Å². The molecule has 2 N–H and O–H groups in total. The van der Waals surface area contributed by atoms with Crippen LogP contribution in [0.4, 0.5) is 0 Å². The zero-order chi connectivity index (χ0) is 17.6. The average Bonchev–Trinajstić information content (AvgIpc) is 3.12. The molecule has 6 heteroatoms. The molecule has 0 radical (unpaired) electrons. The monoisotopic (exact) mass is 353 g/mol. The first-order chi connectivity index (χ1) is 12.2. The zero-order valence-corrected chi connectivity index (χ0v) is 14.7. The summed E-state index contributed by atoms with van der Waals surface area (Å²) in [5, 5.41) is 8.68. The summed E-state index contributed by atoms with van der Waals surface area (Å²) in [6.07, 6.45) is 1.86. The van der Waals surface area contributed by atoms with E-state index in [1.807, 2.05) is 36.5 Å². The van der Waals surface area contributed by atoms with Crippen LogP contribution >= 0.6 is 11.3 Å². The number of hydrogen-bond acceptors (Lipinski definition) is 5. The van der Waals surface area contributed by atoms with Crippen molar-refractivity contribution in [3.8, 4) is 10.6 Å². The Bertz CT molecular complexity index is 831. The maximum atomic E-state index is 11.4. The van der Waals surface area contributed by atoms with Gasteiger partial charge >= 0.3 is 0 Å². The van der Waals surface area contributed by atoms with Gasteiger partial charge in [0.05, 0.1) is 15.4 Å². The Hall–Kier alpha value is -2.54. The first kappa shape index (κ1) is 17.3. The Morgan fingerprint density at radius 3 is 2.52 bits per heavy atom. The van der Waals surface area contributed by atoms with Crippen molar-refractivity contribution in [2.45, 2.75) is 13.1 Å². The number of thiophene rings is 1. The van der Waals surface area contributed by atoms with Gasteiger partial charge in [0.25, 0.3) is 5.91 Å². The lowest BCUT2D eigenvalue weighted by molar-refractivity contribution is 0.0711. The number of carbonyl (C=O) groups is 1. The fourth-order valence-electron chi connectivity index (χ4n) is 2.58. The number of nitrogens with zero attached hydrogens (tertiary/aromatic N) is 2. The van der Waals surface area contributed by atoms with E-state index < -0.39 is 5.91 Å². The predicted octanol–water partition coefficient (Wildman–Crippen LogP) is 3.56. The molecule has 0 bridgehead atoms. The molecule has 0 fully saturated rings. The number of nitrogens with one attached hydrogen (secondary N) is 1. The van der Waals surface area contributed by atoms with Crippen LogP contribution in [0, 0.1) is 0 Å². The average molecular weight is 353 g/mol. The summed E-state index contributed by atoms with van der Waals surface area (Å²) < 4.78 is 0. The summed E-state index contributed by atoms with van der Waals surface area (Å²) in [4.78, 5) is 19.5. The molecule has 1 amide bonds. The summed E-state index contributed by atoms with van der Waals surface area (Å²) in [6.45, 7) is 1.69. The van der Waals surface area contributed by atoms with Gasteiger partial charge in [-0.25, -0.2) is 5.48 Å². The third-order valence-electron chi connectivity index (χ3n) is 3.76. The highest BCUT2D eigenvalue weighted by Gasteiger charge is 2.10. The molecule has 5 nitrogen and oxygen atoms in total. The van der Waals surface area contributed by atoms with Crippen molar-refractivity contribution in [1.29, 1.82) is 0 Å². The molecule has 0 aliphatic heterocycles. The van der Waals surface area contributed by atoms with Crippen molar-refractivity contribution in [2.75, 3.05) is 7.05 Å². The third kappa shape index (κ3) is 4.51. The summed E-state index contributed by atoms with van der Waals surface area (Å²) in [7, 11) is 2.08. The summed E-state index contributed by atoms with van der Waals surface area (Å²) in [5.74, 6) is -0.504. The lowest BCUT2D eigenvalue weighted by Crippen LogP contribution is -2.17. The Balaban J connectivity index is 1.64. The molecule has 0 aliphatic rings. The summed E-state index contributed by atoms with van der Waals surface area (Å²) >= 11 is 1.30. The molecule has 0 saturated carbocycles. The van der Waals surface area contributed by atoms with E-state index in [1.54, 1.807) is 11.5 Å². The molecule has 0 atom stereocenters. The lowest BCUT2D eigenvalue weighted by atomic mass is 10.2. The van der Waals surface area contributed by atoms with Crippen LogP contribution in [0.25, 0.3) is 10.6 Å². The number of aromatic nitrogens is 1. The number of amides is 1. The Kier molecular flexibility index (Phi) is 5.55. The molecule has 3 rings (SSSR count). The highest BCUT2D eigenvalue weighted by molar-refractivity contribution is 7.17. The molecule has 3 aromatic rings. The van der Waals surface area contributed by atoms with E-state index in [0.717, 1.165) is 29.2 Å². The van der Waals surface area contributed by atoms with E-state index >= 15 is 0 Å². The Labute approximate surface area is 150 Å². The van der Waals surface area contributed by atoms with Crippen LogP contribution in [0.15, 0.2) is 60.8 Å². The second kappa shape index (κ2) is 8.02. The molecule has 1 aromatic carbocycles. The van der Waals surface area contributed by atoms with Crippen LogP contribution in [0.1, 0.15) is 20.8 Å². The van der Waals surface area contributed by atoms with Crippen molar-refractivity contribution in [2.24, 2.45) is 0 Å². The number of rotatable bonds is 6. The minimum atomic E-state index is -0.504. The predicted molar refractivity (Wildman–Crippen MR) is 98.4 cm³/mol. The second-order valence-electron chi connectivity index (χ2n) is 5.81. The van der Waals surface area contributed by atoms with Crippen LogP contribution in [0.3, 0.4) is 0 Å². The minimum Gasteiger partial charge on any atom is -0.298 e. The number of hydrogen-bond donors (Lipinski definition) is 2. The van der Waals surface area contributed by atoms with E-state index in [1.165, 1.54) is 16.9 Å². The molecule has 128 valence electrons. The van der Waals surface area contributed by atoms with Gasteiger partial charge < -0.3 is 0 Å². The van der Waals surface area contributed by atoms with Crippen molar-refractivity contribution < 1.29 is 10.0 Å². The number of pyridine rings is 1. The largest absolute Gasteiger partial charge is 0.298 e. The molecular weight excluding hydrogens is 334 g/mol. The molecule has 0 spiro atoms. The Morgan fingerprint density at radius 2 is 1.84 bits per heavy atom. The quantitative estimate of drug-likeness (QED) is 0.525. The zero-order valence-electron chi connectivity index (χ0n) is 13.8. The lowest BCUT2D eigenvalue weighted by Gasteiger charge is -2.16. The molecule has 25 heavy (non-hydrogen) atoms. The highest BCUT2D eigenvalue weighted by atomic mass is 32.1. The van der Waals surface area contributed by atoms with Gasteiger partial charge in [-0.2, -0.15) is 0 Å². The SMILES string of the molecule is CN(Cc1ccccc1)Cc1ccc(-c2ccc(C(=O)NO)s2)nc1. The van der Waals surface area contributed by atoms with E-state index in [0.29, 0.717) is 4.88 Å². The smallest absolute Gasteiger partial charge is 0.284 e. The minimum absolute atomic E-state index is 0.450. The molecule has 2 aromatic heterocycles. The van der Waals surface area contributed by atoms with Crippen LogP contribution in [0.5, 0.6) is 0 Å². The second-order valence-corrected chi connectivity index (χ2v) is 6.90. The van der Waals surface area contributed by atoms with E-state index in [2.05, 4.69) is 35.1 Å². The fraction of sp³-hybridized carbons (Fsp3) is 0.158. The van der Waals surface area contributed by atoms with Gasteiger partial charge in [0.15, 0.2) is 0 Å². The topological polar surface area (TPSA) is 65.5 Å². The highest BCUT2D eigenvalue weighted by Crippen LogP contribution is 2.26. The normalized spacial score (nSPS) is 10.8. The number of carbonyl (C=O) groups excluding carboxylic acids is 1. The van der Waals surface area contributed by atoms with Crippen molar-refractivity contribution in [1.82, 2.24) is 15.4 Å². The van der Waals surface area contributed by atoms with Crippen LogP contribution in [-0.2, 0) is 13.1 Å². The fourth-order valence-corrected chi connectivity index (χ4v) is 3.45. The Morgan fingerprint density at radius 1 is 1.08 bits per heavy atom. The van der Waals surface area contributed by atoms with Crippen LogP contribution in [-0.4, -0.2) is 28.0 Å². The van der Waals surface area contributed by atoms with Crippen LogP contribution < -0.4 is 5.48 Å². The van der Waals surface area contributed by atoms with Gasteiger partial charge in [-0.05, 0) is 36.4 Å². The maximum absolute atomic E-state index is 11.4. The van der Waals surface area contributed by atoms with Crippen LogP contribution in [0.2, 0.25) is 0 Å².